The molecule has 0 fully saturated rings. The Labute approximate surface area is 76.0 Å². The molecule has 0 aromatic carbocycles. The largest absolute Gasteiger partial charge is 0.366 e. The van der Waals surface area contributed by atoms with E-state index in [9.17, 15) is 4.79 Å². The molecule has 0 saturated heterocycles. The quantitative estimate of drug-likeness (QED) is 0.609. The highest BCUT2D eigenvalue weighted by molar-refractivity contribution is 5.93. The van der Waals surface area contributed by atoms with E-state index in [-0.39, 0.29) is 5.56 Å². The highest BCUT2D eigenvalue weighted by atomic mass is 16.1. The maximum absolute atomic E-state index is 10.8. The summed E-state index contributed by atoms with van der Waals surface area (Å²) >= 11 is 0. The Morgan fingerprint density at radius 1 is 1.31 bits per heavy atom. The first kappa shape index (κ1) is 8.83. The van der Waals surface area contributed by atoms with E-state index in [4.69, 9.17) is 18.6 Å². The number of hydrogen-bond acceptors (Lipinski definition) is 2. The fraction of sp³-hybridized carbons (Fsp3) is 0. The second kappa shape index (κ2) is 3.42. The first-order chi connectivity index (χ1) is 6.17. The Kier molecular flexibility index (Phi) is 2.33. The molecule has 0 spiro atoms. The summed E-state index contributed by atoms with van der Waals surface area (Å²) in [5, 5.41) is 0. The molecule has 0 atom stereocenters. The summed E-state index contributed by atoms with van der Waals surface area (Å²) in [5.74, 6) is 3.99. The molecule has 1 aromatic heterocycles. The predicted molar refractivity (Wildman–Crippen MR) is 48.6 cm³/mol. The third kappa shape index (κ3) is 1.85. The molecule has 1 amide bonds. The lowest BCUT2D eigenvalue weighted by Gasteiger charge is -1.97. The second-order valence-electron chi connectivity index (χ2n) is 2.28. The van der Waals surface area contributed by atoms with E-state index in [1.807, 2.05) is 0 Å². The molecule has 1 aromatic rings. The molecular formula is C10H6N2O. The molecule has 0 radical (unpaired) electrons. The number of carbonyl (C=O) groups excluding carboxylic acids is 1. The van der Waals surface area contributed by atoms with Crippen molar-refractivity contribution in [2.75, 3.05) is 0 Å². The molecule has 0 bridgehead atoms. The monoisotopic (exact) mass is 170 g/mol. The maximum Gasteiger partial charge on any atom is 0.248 e. The minimum Gasteiger partial charge on any atom is -0.366 e. The van der Waals surface area contributed by atoms with Crippen molar-refractivity contribution in [3.8, 4) is 24.7 Å². The Morgan fingerprint density at radius 3 is 2.08 bits per heavy atom. The summed E-state index contributed by atoms with van der Waals surface area (Å²) in [6, 6.07) is 2.84. The van der Waals surface area contributed by atoms with Crippen LogP contribution in [-0.4, -0.2) is 10.9 Å². The van der Waals surface area contributed by atoms with Crippen molar-refractivity contribution in [2.45, 2.75) is 0 Å². The molecule has 1 rings (SSSR count). The lowest BCUT2D eigenvalue weighted by molar-refractivity contribution is 0.1000. The van der Waals surface area contributed by atoms with Gasteiger partial charge in [0.25, 0.3) is 0 Å². The van der Waals surface area contributed by atoms with Crippen molar-refractivity contribution in [1.82, 2.24) is 4.98 Å². The number of amides is 1. The van der Waals surface area contributed by atoms with Crippen LogP contribution in [0.4, 0.5) is 0 Å². The number of carbonyl (C=O) groups is 1. The van der Waals surface area contributed by atoms with Crippen molar-refractivity contribution >= 4 is 5.91 Å². The Morgan fingerprint density at radius 2 is 1.77 bits per heavy atom. The molecule has 0 aliphatic carbocycles. The second-order valence-corrected chi connectivity index (χ2v) is 2.28. The molecule has 1 heterocycles. The van der Waals surface area contributed by atoms with Crippen LogP contribution in [0, 0.1) is 24.7 Å². The smallest absolute Gasteiger partial charge is 0.248 e. The molecule has 3 heteroatoms. The summed E-state index contributed by atoms with van der Waals surface area (Å²) in [4.78, 5) is 14.7. The number of hydrogen-bond donors (Lipinski definition) is 1. The fourth-order valence-corrected chi connectivity index (χ4v) is 0.821. The summed E-state index contributed by atoms with van der Waals surface area (Å²) < 4.78 is 0. The van der Waals surface area contributed by atoms with Gasteiger partial charge in [0.15, 0.2) is 0 Å². The molecule has 13 heavy (non-hydrogen) atoms. The maximum atomic E-state index is 10.8. The zero-order valence-corrected chi connectivity index (χ0v) is 6.74. The standard InChI is InChI=1S/C10H6N2O/c1-3-8-5-7(10(11)13)6-9(4-2)12-8/h1-2,5-6H,(H2,11,13). The average Bonchev–Trinajstić information content (AvgIpc) is 2.16. The van der Waals surface area contributed by atoms with E-state index in [1.54, 1.807) is 0 Å². The van der Waals surface area contributed by atoms with Crippen LogP contribution in [0.3, 0.4) is 0 Å². The number of pyridine rings is 1. The van der Waals surface area contributed by atoms with Gasteiger partial charge in [-0.15, -0.1) is 12.8 Å². The van der Waals surface area contributed by atoms with Gasteiger partial charge in [-0.05, 0) is 12.1 Å². The van der Waals surface area contributed by atoms with Crippen molar-refractivity contribution in [3.05, 3.63) is 29.1 Å². The molecule has 3 nitrogen and oxygen atoms in total. The van der Waals surface area contributed by atoms with Crippen LogP contribution in [-0.2, 0) is 0 Å². The predicted octanol–water partition coefficient (Wildman–Crippen LogP) is 0.143. The third-order valence-corrected chi connectivity index (χ3v) is 1.41. The lowest BCUT2D eigenvalue weighted by atomic mass is 10.2. The van der Waals surface area contributed by atoms with Crippen LogP contribution in [0.1, 0.15) is 21.7 Å². The minimum absolute atomic E-state index is 0.274. The lowest BCUT2D eigenvalue weighted by Crippen LogP contribution is -2.12. The van der Waals surface area contributed by atoms with Crippen LogP contribution in [0.5, 0.6) is 0 Å². The number of nitrogens with two attached hydrogens (primary N) is 1. The number of rotatable bonds is 1. The molecule has 62 valence electrons. The van der Waals surface area contributed by atoms with Gasteiger partial charge in [0.05, 0.1) is 0 Å². The van der Waals surface area contributed by atoms with Crippen LogP contribution in [0.15, 0.2) is 12.1 Å². The number of aromatic nitrogens is 1. The summed E-state index contributed by atoms with van der Waals surface area (Å²) in [6.07, 6.45) is 10.2. The van der Waals surface area contributed by atoms with Crippen LogP contribution in [0.25, 0.3) is 0 Å². The Balaban J connectivity index is 3.35. The van der Waals surface area contributed by atoms with Crippen molar-refractivity contribution in [2.24, 2.45) is 5.73 Å². The highest BCUT2D eigenvalue weighted by Crippen LogP contribution is 2.03. The van der Waals surface area contributed by atoms with Gasteiger partial charge < -0.3 is 5.73 Å². The molecule has 0 saturated carbocycles. The van der Waals surface area contributed by atoms with Gasteiger partial charge in [0.1, 0.15) is 11.4 Å². The van der Waals surface area contributed by atoms with Gasteiger partial charge in [-0.25, -0.2) is 4.98 Å². The van der Waals surface area contributed by atoms with E-state index >= 15 is 0 Å². The van der Waals surface area contributed by atoms with Crippen LogP contribution in [0.2, 0.25) is 0 Å². The number of primary amides is 1. The van der Waals surface area contributed by atoms with Gasteiger partial charge in [-0.3, -0.25) is 4.79 Å². The van der Waals surface area contributed by atoms with E-state index in [1.165, 1.54) is 12.1 Å². The van der Waals surface area contributed by atoms with Crippen LogP contribution >= 0.6 is 0 Å². The zero-order valence-electron chi connectivity index (χ0n) is 6.74. The fourth-order valence-electron chi connectivity index (χ4n) is 0.821. The number of nitrogens with zero attached hydrogens (tertiary/aromatic N) is 1. The molecule has 0 aliphatic rings. The molecular weight excluding hydrogens is 164 g/mol. The highest BCUT2D eigenvalue weighted by Gasteiger charge is 2.03. The van der Waals surface area contributed by atoms with Gasteiger partial charge in [-0.1, -0.05) is 11.8 Å². The molecule has 2 N–H and O–H groups in total. The average molecular weight is 170 g/mol. The van der Waals surface area contributed by atoms with E-state index in [2.05, 4.69) is 16.8 Å². The summed E-state index contributed by atoms with van der Waals surface area (Å²) in [7, 11) is 0. The SMILES string of the molecule is C#Cc1cc(C(N)=O)cc(C#C)n1. The first-order valence-electron chi connectivity index (χ1n) is 3.42. The Hall–Kier alpha value is -2.26. The van der Waals surface area contributed by atoms with Crippen molar-refractivity contribution in [1.29, 1.82) is 0 Å². The first-order valence-corrected chi connectivity index (χ1v) is 3.42. The van der Waals surface area contributed by atoms with E-state index in [0.29, 0.717) is 11.4 Å². The third-order valence-electron chi connectivity index (χ3n) is 1.41. The van der Waals surface area contributed by atoms with Crippen LogP contribution < -0.4 is 5.73 Å². The molecule has 0 aliphatic heterocycles. The van der Waals surface area contributed by atoms with E-state index < -0.39 is 5.91 Å². The number of terminal acetylenes is 2. The minimum atomic E-state index is -0.574. The Bertz CT molecular complexity index is 403. The van der Waals surface area contributed by atoms with Crippen molar-refractivity contribution in [3.63, 3.8) is 0 Å². The van der Waals surface area contributed by atoms with Crippen molar-refractivity contribution < 1.29 is 4.79 Å². The van der Waals surface area contributed by atoms with Gasteiger partial charge in [0.2, 0.25) is 5.91 Å². The van der Waals surface area contributed by atoms with Gasteiger partial charge in [-0.2, -0.15) is 0 Å². The topological polar surface area (TPSA) is 56.0 Å². The van der Waals surface area contributed by atoms with Gasteiger partial charge >= 0.3 is 0 Å². The summed E-state index contributed by atoms with van der Waals surface area (Å²) in [5.41, 5.74) is 5.95. The molecule has 0 unspecified atom stereocenters. The van der Waals surface area contributed by atoms with E-state index in [0.717, 1.165) is 0 Å². The normalized spacial score (nSPS) is 8.46. The zero-order chi connectivity index (χ0) is 9.84. The summed E-state index contributed by atoms with van der Waals surface area (Å²) in [6.45, 7) is 0. The van der Waals surface area contributed by atoms with Gasteiger partial charge in [0, 0.05) is 5.56 Å².